The van der Waals surface area contributed by atoms with E-state index in [9.17, 15) is 10.1 Å². The van der Waals surface area contributed by atoms with E-state index >= 15 is 0 Å². The summed E-state index contributed by atoms with van der Waals surface area (Å²) in [5.74, 6) is 2.55. The Kier molecular flexibility index (Phi) is 4.34. The number of rotatable bonds is 5. The minimum atomic E-state index is -0.397. The summed E-state index contributed by atoms with van der Waals surface area (Å²) in [5.41, 5.74) is 1.89. The van der Waals surface area contributed by atoms with Gasteiger partial charge in [-0.1, -0.05) is 6.07 Å². The van der Waals surface area contributed by atoms with Crippen molar-refractivity contribution in [3.05, 3.63) is 33.9 Å². The number of terminal acetylenes is 1. The first-order valence-electron chi connectivity index (χ1n) is 5.07. The van der Waals surface area contributed by atoms with Crippen LogP contribution in [0.3, 0.4) is 0 Å². The van der Waals surface area contributed by atoms with Gasteiger partial charge in [0.05, 0.1) is 4.92 Å². The first-order chi connectivity index (χ1) is 7.65. The van der Waals surface area contributed by atoms with Crippen molar-refractivity contribution in [2.75, 3.05) is 11.9 Å². The lowest BCUT2D eigenvalue weighted by molar-refractivity contribution is -0.384. The maximum atomic E-state index is 10.6. The van der Waals surface area contributed by atoms with E-state index in [1.165, 1.54) is 6.07 Å². The molecule has 1 aromatic carbocycles. The highest BCUT2D eigenvalue weighted by atomic mass is 16.6. The van der Waals surface area contributed by atoms with Crippen LogP contribution in [0.1, 0.15) is 18.4 Å². The zero-order chi connectivity index (χ0) is 12.0. The second kappa shape index (κ2) is 5.76. The largest absolute Gasteiger partial charge is 0.385 e. The highest BCUT2D eigenvalue weighted by Gasteiger charge is 2.07. The summed E-state index contributed by atoms with van der Waals surface area (Å²) in [6.45, 7) is 2.64. The van der Waals surface area contributed by atoms with Crippen molar-refractivity contribution in [3.8, 4) is 12.3 Å². The van der Waals surface area contributed by atoms with Gasteiger partial charge in [-0.15, -0.1) is 12.3 Å². The number of hydrogen-bond acceptors (Lipinski definition) is 3. The quantitative estimate of drug-likeness (QED) is 0.358. The van der Waals surface area contributed by atoms with Crippen molar-refractivity contribution in [1.29, 1.82) is 0 Å². The molecule has 4 nitrogen and oxygen atoms in total. The van der Waals surface area contributed by atoms with Crippen molar-refractivity contribution >= 4 is 11.4 Å². The molecule has 1 rings (SSSR count). The predicted octanol–water partition coefficient (Wildman–Crippen LogP) is 2.73. The smallest absolute Gasteiger partial charge is 0.271 e. The van der Waals surface area contributed by atoms with Crippen molar-refractivity contribution in [1.82, 2.24) is 0 Å². The Morgan fingerprint density at radius 2 is 2.31 bits per heavy atom. The molecule has 0 aliphatic carbocycles. The van der Waals surface area contributed by atoms with E-state index < -0.39 is 4.92 Å². The molecule has 0 aromatic heterocycles. The number of hydrogen-bond donors (Lipinski definition) is 1. The van der Waals surface area contributed by atoms with Crippen molar-refractivity contribution in [2.24, 2.45) is 0 Å². The van der Waals surface area contributed by atoms with Gasteiger partial charge in [-0.3, -0.25) is 10.1 Å². The van der Waals surface area contributed by atoms with Crippen LogP contribution < -0.4 is 5.32 Å². The summed E-state index contributed by atoms with van der Waals surface area (Å²) in [6, 6.07) is 4.79. The van der Waals surface area contributed by atoms with Crippen LogP contribution in [-0.4, -0.2) is 11.5 Å². The fourth-order valence-electron chi connectivity index (χ4n) is 1.33. The van der Waals surface area contributed by atoms with Crippen molar-refractivity contribution < 1.29 is 4.92 Å². The molecule has 0 atom stereocenters. The molecule has 0 unspecified atom stereocenters. The van der Waals surface area contributed by atoms with E-state index in [0.717, 1.165) is 24.2 Å². The number of nitro groups is 1. The second-order valence-electron chi connectivity index (χ2n) is 3.49. The first kappa shape index (κ1) is 12.1. The monoisotopic (exact) mass is 218 g/mol. The number of nitro benzene ring substituents is 1. The summed E-state index contributed by atoms with van der Waals surface area (Å²) in [5, 5.41) is 13.7. The van der Waals surface area contributed by atoms with Gasteiger partial charge in [0.15, 0.2) is 0 Å². The van der Waals surface area contributed by atoms with Crippen LogP contribution >= 0.6 is 0 Å². The highest BCUT2D eigenvalue weighted by Crippen LogP contribution is 2.21. The van der Waals surface area contributed by atoms with E-state index in [1.807, 2.05) is 6.92 Å². The van der Waals surface area contributed by atoms with Gasteiger partial charge in [-0.2, -0.15) is 0 Å². The van der Waals surface area contributed by atoms with Gasteiger partial charge in [-0.25, -0.2) is 0 Å². The van der Waals surface area contributed by atoms with Crippen LogP contribution in [0.15, 0.2) is 18.2 Å². The molecule has 0 fully saturated rings. The second-order valence-corrected chi connectivity index (χ2v) is 3.49. The van der Waals surface area contributed by atoms with E-state index in [4.69, 9.17) is 6.42 Å². The normalized spacial score (nSPS) is 9.50. The van der Waals surface area contributed by atoms with E-state index in [-0.39, 0.29) is 5.69 Å². The number of non-ortho nitro benzene ring substituents is 1. The lowest BCUT2D eigenvalue weighted by atomic mass is 10.1. The minimum Gasteiger partial charge on any atom is -0.385 e. The topological polar surface area (TPSA) is 55.2 Å². The van der Waals surface area contributed by atoms with Crippen molar-refractivity contribution in [2.45, 2.75) is 19.8 Å². The van der Waals surface area contributed by atoms with Gasteiger partial charge in [0, 0.05) is 30.8 Å². The number of unbranched alkanes of at least 4 members (excludes halogenated alkanes) is 1. The Morgan fingerprint density at radius 3 is 2.94 bits per heavy atom. The third-order valence-corrected chi connectivity index (χ3v) is 2.25. The summed E-state index contributed by atoms with van der Waals surface area (Å²) in [4.78, 5) is 10.2. The van der Waals surface area contributed by atoms with Gasteiger partial charge in [0.1, 0.15) is 0 Å². The summed E-state index contributed by atoms with van der Waals surface area (Å²) >= 11 is 0. The van der Waals surface area contributed by atoms with Crippen LogP contribution in [0.2, 0.25) is 0 Å². The fraction of sp³-hybridized carbons (Fsp3) is 0.333. The average molecular weight is 218 g/mol. The Hall–Kier alpha value is -2.02. The zero-order valence-electron chi connectivity index (χ0n) is 9.19. The molecule has 1 N–H and O–H groups in total. The first-order valence-corrected chi connectivity index (χ1v) is 5.07. The van der Waals surface area contributed by atoms with Crippen LogP contribution in [0.4, 0.5) is 11.4 Å². The molecule has 0 bridgehead atoms. The van der Waals surface area contributed by atoms with Gasteiger partial charge in [0.2, 0.25) is 0 Å². The van der Waals surface area contributed by atoms with E-state index in [0.29, 0.717) is 6.42 Å². The average Bonchev–Trinajstić information content (AvgIpc) is 2.26. The lowest BCUT2D eigenvalue weighted by Gasteiger charge is -2.08. The molecule has 0 amide bonds. The number of benzene rings is 1. The molecule has 1 aromatic rings. The standard InChI is InChI=1S/C12H14N2O2/c1-3-4-5-8-13-12-9-11(14(15)16)7-6-10(12)2/h1,6-7,9,13H,4-5,8H2,2H3. The fourth-order valence-corrected chi connectivity index (χ4v) is 1.33. The Balaban J connectivity index is 2.67. The molecular formula is C12H14N2O2. The van der Waals surface area contributed by atoms with Crippen LogP contribution in [0, 0.1) is 29.4 Å². The molecule has 0 spiro atoms. The highest BCUT2D eigenvalue weighted by molar-refractivity contribution is 5.56. The Labute approximate surface area is 94.8 Å². The van der Waals surface area contributed by atoms with Crippen molar-refractivity contribution in [3.63, 3.8) is 0 Å². The molecule has 84 valence electrons. The number of anilines is 1. The lowest BCUT2D eigenvalue weighted by Crippen LogP contribution is -2.03. The number of nitrogens with zero attached hydrogens (tertiary/aromatic N) is 1. The molecule has 0 saturated carbocycles. The summed E-state index contributed by atoms with van der Waals surface area (Å²) < 4.78 is 0. The minimum absolute atomic E-state index is 0.102. The maximum absolute atomic E-state index is 10.6. The van der Waals surface area contributed by atoms with Crippen LogP contribution in [0.25, 0.3) is 0 Å². The van der Waals surface area contributed by atoms with Crippen LogP contribution in [0.5, 0.6) is 0 Å². The molecule has 0 aliphatic rings. The van der Waals surface area contributed by atoms with Gasteiger partial charge >= 0.3 is 0 Å². The summed E-state index contributed by atoms with van der Waals surface area (Å²) in [7, 11) is 0. The molecule has 16 heavy (non-hydrogen) atoms. The predicted molar refractivity (Wildman–Crippen MR) is 64.4 cm³/mol. The molecular weight excluding hydrogens is 204 g/mol. The zero-order valence-corrected chi connectivity index (χ0v) is 9.19. The number of nitrogens with one attached hydrogen (secondary N) is 1. The molecule has 4 heteroatoms. The maximum Gasteiger partial charge on any atom is 0.271 e. The molecule has 0 aliphatic heterocycles. The third-order valence-electron chi connectivity index (χ3n) is 2.25. The Morgan fingerprint density at radius 1 is 1.56 bits per heavy atom. The van der Waals surface area contributed by atoms with Gasteiger partial charge in [0.25, 0.3) is 5.69 Å². The van der Waals surface area contributed by atoms with E-state index in [2.05, 4.69) is 11.2 Å². The van der Waals surface area contributed by atoms with E-state index in [1.54, 1.807) is 12.1 Å². The van der Waals surface area contributed by atoms with Gasteiger partial charge in [-0.05, 0) is 18.9 Å². The van der Waals surface area contributed by atoms with Crippen LogP contribution in [-0.2, 0) is 0 Å². The Bertz CT molecular complexity index is 422. The van der Waals surface area contributed by atoms with Gasteiger partial charge < -0.3 is 5.32 Å². The number of aryl methyl sites for hydroxylation is 1. The molecule has 0 radical (unpaired) electrons. The third kappa shape index (κ3) is 3.28. The molecule has 0 saturated heterocycles. The molecule has 0 heterocycles. The summed E-state index contributed by atoms with van der Waals surface area (Å²) in [6.07, 6.45) is 6.70. The SMILES string of the molecule is C#CCCCNc1cc([N+](=O)[O-])ccc1C.